The normalized spacial score (nSPS) is 16.2. The summed E-state index contributed by atoms with van der Waals surface area (Å²) in [5, 5.41) is 20.7. The van der Waals surface area contributed by atoms with E-state index in [0.29, 0.717) is 20.6 Å². The van der Waals surface area contributed by atoms with Crippen LogP contribution in [0.15, 0.2) is 54.6 Å². The highest BCUT2D eigenvalue weighted by molar-refractivity contribution is 7.92. The summed E-state index contributed by atoms with van der Waals surface area (Å²) in [6, 6.07) is 7.64. The van der Waals surface area contributed by atoms with E-state index < -0.39 is 212 Å². The van der Waals surface area contributed by atoms with Crippen molar-refractivity contribution in [1.82, 2.24) is 39.5 Å². The molecule has 520 valence electrons. The van der Waals surface area contributed by atoms with E-state index in [1.165, 1.54) is 67.5 Å². The van der Waals surface area contributed by atoms with E-state index in [0.717, 1.165) is 42.7 Å². The predicted molar refractivity (Wildman–Crippen MR) is 328 cm³/mol. The number of carbonyl (C=O) groups excluding carboxylic acids is 3. The minimum atomic E-state index is -5.26. The fourth-order valence-corrected chi connectivity index (χ4v) is 13.8. The molecule has 35 heteroatoms. The van der Waals surface area contributed by atoms with Gasteiger partial charge in [-0.1, -0.05) is 43.5 Å². The van der Waals surface area contributed by atoms with Crippen molar-refractivity contribution in [2.75, 3.05) is 12.8 Å². The second-order valence-corrected chi connectivity index (χ2v) is 30.2. The highest BCUT2D eigenvalue weighted by atomic mass is 35.5. The number of aromatic nitrogens is 5. The van der Waals surface area contributed by atoms with Crippen LogP contribution in [-0.4, -0.2) is 111 Å². The lowest BCUT2D eigenvalue weighted by Gasteiger charge is -2.32. The Morgan fingerprint density at radius 2 is 1.54 bits per heavy atom. The number of aliphatic carboxylic acids is 1. The Hall–Kier alpha value is -7.47. The average molecular weight is 1440 g/mol. The molecule has 96 heavy (non-hydrogen) atoms. The quantitative estimate of drug-likeness (QED) is 0.0179. The number of hydrogen-bond acceptors (Lipinski definition) is 14. The van der Waals surface area contributed by atoms with Gasteiger partial charge in [-0.3, -0.25) is 42.1 Å². The van der Waals surface area contributed by atoms with Crippen LogP contribution in [0.5, 0.6) is 5.75 Å². The standard InChI is InChI=1S/C61H64ClF10N8O13PS2/c1-30(2)91-94(86,92-31(3)4)93-45-18-32(5)17-34(22-46(81)73-26-49(84)85)52(45)57(6,7)25-48(83)80(95(87)88)27-44-51-42(62)14-13-39(54(51)79(76-44)29-59(65,66)67)38-12-11-37(15-16-58(8,9)96(10,89)90)74-53(38)43(21-33-19-35(63)23-36(64)20-33)75-47(82)28-78-56-50(55(77-78)61(70,71)72)40-24-41(40)60(56,68)69/h11-14,17-20,23,30-31,40-41,43H,21-22,24-29H2,1-10H3,(H,73,81)(H,75,82)(H,84,85)(H,87,88)/t40-,41+,43-/m0/s1. The third-order valence-corrected chi connectivity index (χ3v) is 20.2. The van der Waals surface area contributed by atoms with E-state index in [1.807, 2.05) is 0 Å². The summed E-state index contributed by atoms with van der Waals surface area (Å²) in [5.74, 6) is -8.96. The second-order valence-electron chi connectivity index (χ2n) is 24.9. The lowest BCUT2D eigenvalue weighted by molar-refractivity contribution is -0.143. The van der Waals surface area contributed by atoms with Gasteiger partial charge >= 0.3 is 26.1 Å². The number of sulfone groups is 1. The van der Waals surface area contributed by atoms with Crippen LogP contribution < -0.4 is 15.2 Å². The number of pyridine rings is 1. The van der Waals surface area contributed by atoms with E-state index in [1.54, 1.807) is 6.92 Å². The number of nitrogens with zero attached hydrogens (tertiary/aromatic N) is 6. The molecule has 0 spiro atoms. The molecule has 1 fully saturated rings. The van der Waals surface area contributed by atoms with Gasteiger partial charge in [-0.25, -0.2) is 35.3 Å². The van der Waals surface area contributed by atoms with Gasteiger partial charge in [-0.15, -0.1) is 0 Å². The average Bonchev–Trinajstić information content (AvgIpc) is 1.51. The molecule has 6 aromatic rings. The summed E-state index contributed by atoms with van der Waals surface area (Å²) in [6.07, 6.45) is -13.6. The van der Waals surface area contributed by atoms with Crippen molar-refractivity contribution < 1.29 is 104 Å². The van der Waals surface area contributed by atoms with Gasteiger partial charge in [0.2, 0.25) is 17.7 Å². The molecule has 0 saturated heterocycles. The molecule has 0 bridgehead atoms. The van der Waals surface area contributed by atoms with Crippen LogP contribution in [0.2, 0.25) is 5.02 Å². The highest BCUT2D eigenvalue weighted by Crippen LogP contribution is 2.68. The van der Waals surface area contributed by atoms with Gasteiger partial charge in [0.15, 0.2) is 15.5 Å². The summed E-state index contributed by atoms with van der Waals surface area (Å²) in [5.41, 5.74) is -7.81. The Balaban J connectivity index is 1.29. The monoisotopic (exact) mass is 1440 g/mol. The summed E-state index contributed by atoms with van der Waals surface area (Å²) in [4.78, 5) is 58.6. The van der Waals surface area contributed by atoms with Crippen LogP contribution in [0.4, 0.5) is 43.9 Å². The molecule has 3 amide bonds. The fourth-order valence-electron chi connectivity index (χ4n) is 11.3. The van der Waals surface area contributed by atoms with Crippen LogP contribution in [-0.2, 0) is 104 Å². The number of aryl methyl sites for hydroxylation is 1. The van der Waals surface area contributed by atoms with Gasteiger partial charge in [-0.05, 0) is 126 Å². The second kappa shape index (κ2) is 27.4. The van der Waals surface area contributed by atoms with Crippen molar-refractivity contribution in [3.63, 3.8) is 0 Å². The molecule has 0 radical (unpaired) electrons. The third kappa shape index (κ3) is 16.9. The van der Waals surface area contributed by atoms with Gasteiger partial charge in [0.25, 0.3) is 17.2 Å². The van der Waals surface area contributed by atoms with E-state index in [2.05, 4.69) is 37.7 Å². The molecule has 8 rings (SSSR count). The molecule has 3 heterocycles. The number of amides is 3. The van der Waals surface area contributed by atoms with E-state index >= 15 is 17.6 Å². The SMILES string of the molecule is Cc1cc(CC(=O)NCC(=O)O)c(C(C)(C)CC(=O)N(Cc2nn(CC(F)(F)F)c3c(-c4ccc(C#CC(C)(C)S(C)(=O)=O)nc4[C@H](Cc4cc(F)cc(F)c4)NC(=O)Cn4nc(C(F)(F)F)c5c4C(F)(F)[C@@H]4C[C@H]54)ccc(Cl)c23)S(=O)O)c(OP(=O)(OC(C)C)OC(C)C)c1. The molecule has 2 aliphatic carbocycles. The number of carboxylic acids is 1. The summed E-state index contributed by atoms with van der Waals surface area (Å²) >= 11 is 3.48. The van der Waals surface area contributed by atoms with Gasteiger partial charge in [0, 0.05) is 57.7 Å². The summed E-state index contributed by atoms with van der Waals surface area (Å²) in [7, 11) is -8.57. The first-order valence-corrected chi connectivity index (χ1v) is 34.0. The van der Waals surface area contributed by atoms with Crippen molar-refractivity contribution in [3.05, 3.63) is 128 Å². The number of halogens is 11. The van der Waals surface area contributed by atoms with Crippen molar-refractivity contribution in [2.45, 2.75) is 160 Å². The molecule has 1 saturated carbocycles. The van der Waals surface area contributed by atoms with Gasteiger partial charge in [0.1, 0.15) is 53.2 Å². The molecule has 0 aliphatic heterocycles. The number of alkyl halides is 8. The highest BCUT2D eigenvalue weighted by Gasteiger charge is 2.68. The lowest BCUT2D eigenvalue weighted by atomic mass is 9.77. The van der Waals surface area contributed by atoms with Crippen LogP contribution >= 0.6 is 19.4 Å². The molecule has 3 aromatic heterocycles. The minimum absolute atomic E-state index is 0.0426. The Morgan fingerprint density at radius 1 is 0.917 bits per heavy atom. The number of hydrogen-bond donors (Lipinski definition) is 4. The maximum atomic E-state index is 15.8. The molecule has 1 unspecified atom stereocenters. The summed E-state index contributed by atoms with van der Waals surface area (Å²) < 4.78 is 231. The van der Waals surface area contributed by atoms with Crippen molar-refractivity contribution in [3.8, 4) is 28.7 Å². The largest absolute Gasteiger partial charge is 0.530 e. The zero-order chi connectivity index (χ0) is 71.5. The summed E-state index contributed by atoms with van der Waals surface area (Å²) in [6.45, 7) is 7.69. The maximum Gasteiger partial charge on any atom is 0.530 e. The molecule has 4 N–H and O–H groups in total. The smallest absolute Gasteiger partial charge is 0.480 e. The molecule has 2 aliphatic rings. The van der Waals surface area contributed by atoms with E-state index in [4.69, 9.17) is 25.2 Å². The predicted octanol–water partition coefficient (Wildman–Crippen LogP) is 11.5. The number of phosphoric ester groups is 1. The van der Waals surface area contributed by atoms with Crippen LogP contribution in [0.3, 0.4) is 0 Å². The van der Waals surface area contributed by atoms with Crippen LogP contribution in [0, 0.1) is 36.3 Å². The van der Waals surface area contributed by atoms with Gasteiger partial charge in [0.05, 0.1) is 53.1 Å². The van der Waals surface area contributed by atoms with E-state index in [-0.39, 0.29) is 50.4 Å². The Morgan fingerprint density at radius 3 is 2.11 bits per heavy atom. The molecule has 21 nitrogen and oxygen atoms in total. The van der Waals surface area contributed by atoms with Gasteiger partial charge in [-0.2, -0.15) is 45.3 Å². The lowest BCUT2D eigenvalue weighted by Crippen LogP contribution is -2.37. The third-order valence-electron chi connectivity index (χ3n) is 15.4. The first-order chi connectivity index (χ1) is 44.2. The van der Waals surface area contributed by atoms with Crippen molar-refractivity contribution in [2.24, 2.45) is 5.92 Å². The first kappa shape index (κ1) is 74.3. The zero-order valence-electron chi connectivity index (χ0n) is 52.7. The van der Waals surface area contributed by atoms with Crippen LogP contribution in [0.25, 0.3) is 22.0 Å². The minimum Gasteiger partial charge on any atom is -0.480 e. The molecule has 4 atom stereocenters. The number of fused-ring (bicyclic) bond motifs is 4. The zero-order valence-corrected chi connectivity index (χ0v) is 56.0. The number of nitrogens with one attached hydrogen (secondary N) is 2. The topological polar surface area (TPSA) is 281 Å². The van der Waals surface area contributed by atoms with Crippen LogP contribution in [0.1, 0.15) is 136 Å². The Bertz CT molecular complexity index is 4330. The fraction of sp³-hybridized carbons (Fsp3) is 0.459. The molecule has 3 aromatic carbocycles. The number of phosphoric acid groups is 1. The van der Waals surface area contributed by atoms with Crippen molar-refractivity contribution in [1.29, 1.82) is 0 Å². The number of carboxylic acid groups (broad SMARTS) is 1. The Labute approximate surface area is 550 Å². The number of carbonyl (C=O) groups is 4. The molecular formula is C61H64ClF10N8O13PS2. The Kier molecular flexibility index (Phi) is 21.2. The van der Waals surface area contributed by atoms with E-state index in [9.17, 15) is 72.4 Å². The maximum absolute atomic E-state index is 15.8. The molecular weight excluding hydrogens is 1370 g/mol. The van der Waals surface area contributed by atoms with Gasteiger partial charge < -0.3 is 20.3 Å². The number of benzene rings is 3. The number of rotatable bonds is 25. The first-order valence-electron chi connectivity index (χ1n) is 29.2. The van der Waals surface area contributed by atoms with Crippen molar-refractivity contribution >= 4 is 75.1 Å².